The van der Waals surface area contributed by atoms with Crippen molar-refractivity contribution >= 4 is 21.4 Å². The molecule has 0 saturated carbocycles. The van der Waals surface area contributed by atoms with Crippen LogP contribution in [0.2, 0.25) is 0 Å². The van der Waals surface area contributed by atoms with Gasteiger partial charge < -0.3 is 4.98 Å². The number of thiophene rings is 1. The van der Waals surface area contributed by atoms with Crippen LogP contribution in [0.4, 0.5) is 0 Å². The Morgan fingerprint density at radius 2 is 2.17 bits per heavy atom. The van der Waals surface area contributed by atoms with Crippen molar-refractivity contribution in [2.75, 3.05) is 19.6 Å². The van der Waals surface area contributed by atoms with Gasteiger partial charge in [0.05, 0.1) is 16.5 Å². The highest BCUT2D eigenvalue weighted by atomic mass is 32.2. The number of nitrogens with zero attached hydrogens (tertiary/aromatic N) is 3. The van der Waals surface area contributed by atoms with Crippen molar-refractivity contribution in [3.8, 4) is 0 Å². The van der Waals surface area contributed by atoms with E-state index in [9.17, 15) is 13.2 Å². The molecular formula is C20H28N4O3S2. The lowest BCUT2D eigenvalue weighted by Gasteiger charge is -2.33. The molecule has 0 radical (unpaired) electrons. The predicted octanol–water partition coefficient (Wildman–Crippen LogP) is 2.31. The molecule has 0 aromatic carbocycles. The highest BCUT2D eigenvalue weighted by Crippen LogP contribution is 2.28. The molecule has 2 aliphatic heterocycles. The Labute approximate surface area is 175 Å². The van der Waals surface area contributed by atoms with Gasteiger partial charge in [-0.05, 0) is 38.1 Å². The molecule has 1 fully saturated rings. The maximum absolute atomic E-state index is 12.8. The van der Waals surface area contributed by atoms with E-state index in [0.717, 1.165) is 43.6 Å². The molecule has 1 saturated heterocycles. The minimum Gasteiger partial charge on any atom is -0.310 e. The fourth-order valence-electron chi connectivity index (χ4n) is 4.15. The number of aromatic nitrogens is 2. The average Bonchev–Trinajstić information content (AvgIpc) is 3.21. The first-order valence-corrected chi connectivity index (χ1v) is 12.6. The highest BCUT2D eigenvalue weighted by molar-refractivity contribution is 7.89. The molecule has 1 atom stereocenters. The van der Waals surface area contributed by atoms with Crippen molar-refractivity contribution in [3.63, 3.8) is 0 Å². The molecule has 7 nitrogen and oxygen atoms in total. The molecule has 0 bridgehead atoms. The number of rotatable bonds is 5. The summed E-state index contributed by atoms with van der Waals surface area (Å²) >= 11 is 1.73. The zero-order valence-corrected chi connectivity index (χ0v) is 18.6. The molecule has 0 spiro atoms. The van der Waals surface area contributed by atoms with Crippen LogP contribution in [0.3, 0.4) is 0 Å². The second-order valence-electron chi connectivity index (χ2n) is 8.21. The Hall–Kier alpha value is -1.55. The van der Waals surface area contributed by atoms with Gasteiger partial charge in [0, 0.05) is 49.9 Å². The minimum atomic E-state index is -3.29. The Morgan fingerprint density at radius 3 is 2.90 bits per heavy atom. The minimum absolute atomic E-state index is 0.0561. The number of nitrogens with one attached hydrogen (secondary N) is 1. The standard InChI is InChI=1S/C20H28N4O3S2/c1-14(2)29(26,27)24-8-3-5-15(11-24)19-21-18-7-9-23(12-16-6-4-10-28-16)13-17(18)20(25)22-19/h4,6,10,14-15H,3,5,7-9,11-13H2,1-2H3,(H,21,22,25). The van der Waals surface area contributed by atoms with Crippen molar-refractivity contribution in [1.29, 1.82) is 0 Å². The first-order valence-electron chi connectivity index (χ1n) is 10.2. The third kappa shape index (κ3) is 4.33. The summed E-state index contributed by atoms with van der Waals surface area (Å²) in [7, 11) is -3.29. The van der Waals surface area contributed by atoms with Crippen molar-refractivity contribution < 1.29 is 8.42 Å². The van der Waals surface area contributed by atoms with Crippen LogP contribution >= 0.6 is 11.3 Å². The van der Waals surface area contributed by atoms with Gasteiger partial charge in [-0.25, -0.2) is 17.7 Å². The Bertz CT molecular complexity index is 1010. The number of sulfonamides is 1. The van der Waals surface area contributed by atoms with Crippen molar-refractivity contribution in [3.05, 3.63) is 49.8 Å². The van der Waals surface area contributed by atoms with Gasteiger partial charge in [0.25, 0.3) is 5.56 Å². The van der Waals surface area contributed by atoms with E-state index in [1.54, 1.807) is 29.5 Å². The highest BCUT2D eigenvalue weighted by Gasteiger charge is 2.33. The van der Waals surface area contributed by atoms with Crippen LogP contribution in [0, 0.1) is 0 Å². The Kier molecular flexibility index (Phi) is 5.92. The van der Waals surface area contributed by atoms with Gasteiger partial charge in [-0.3, -0.25) is 9.69 Å². The fraction of sp³-hybridized carbons (Fsp3) is 0.600. The molecule has 2 aliphatic rings. The molecule has 29 heavy (non-hydrogen) atoms. The summed E-state index contributed by atoms with van der Waals surface area (Å²) in [5.41, 5.74) is 1.54. The van der Waals surface area contributed by atoms with E-state index in [1.807, 2.05) is 6.07 Å². The summed E-state index contributed by atoms with van der Waals surface area (Å²) < 4.78 is 26.7. The van der Waals surface area contributed by atoms with E-state index < -0.39 is 15.3 Å². The van der Waals surface area contributed by atoms with Gasteiger partial charge in [0.15, 0.2) is 0 Å². The van der Waals surface area contributed by atoms with E-state index in [0.29, 0.717) is 25.5 Å². The van der Waals surface area contributed by atoms with Crippen LogP contribution < -0.4 is 5.56 Å². The first kappa shape index (κ1) is 20.7. The maximum Gasteiger partial charge on any atom is 0.255 e. The van der Waals surface area contributed by atoms with E-state index >= 15 is 0 Å². The number of hydrogen-bond acceptors (Lipinski definition) is 6. The lowest BCUT2D eigenvalue weighted by molar-refractivity contribution is 0.242. The third-order valence-corrected chi connectivity index (χ3v) is 8.96. The van der Waals surface area contributed by atoms with E-state index in [-0.39, 0.29) is 11.5 Å². The van der Waals surface area contributed by atoms with Crippen LogP contribution in [0.5, 0.6) is 0 Å². The van der Waals surface area contributed by atoms with Crippen molar-refractivity contribution in [1.82, 2.24) is 19.2 Å². The van der Waals surface area contributed by atoms with Gasteiger partial charge in [0.2, 0.25) is 10.0 Å². The summed E-state index contributed by atoms with van der Waals surface area (Å²) in [6.45, 7) is 6.69. The molecule has 2 aromatic rings. The zero-order chi connectivity index (χ0) is 20.6. The smallest absolute Gasteiger partial charge is 0.255 e. The second kappa shape index (κ2) is 8.29. The van der Waals surface area contributed by atoms with Crippen LogP contribution in [0.25, 0.3) is 0 Å². The summed E-state index contributed by atoms with van der Waals surface area (Å²) in [6, 6.07) is 4.16. The van der Waals surface area contributed by atoms with Gasteiger partial charge in [-0.2, -0.15) is 0 Å². The molecular weight excluding hydrogens is 408 g/mol. The van der Waals surface area contributed by atoms with E-state index in [1.165, 1.54) is 4.88 Å². The van der Waals surface area contributed by atoms with Gasteiger partial charge in [0.1, 0.15) is 5.82 Å². The van der Waals surface area contributed by atoms with Crippen molar-refractivity contribution in [2.45, 2.75) is 57.4 Å². The quantitative estimate of drug-likeness (QED) is 0.777. The fourth-order valence-corrected chi connectivity index (χ4v) is 6.26. The van der Waals surface area contributed by atoms with E-state index in [2.05, 4.69) is 21.3 Å². The molecule has 0 aliphatic carbocycles. The molecule has 9 heteroatoms. The number of aromatic amines is 1. The topological polar surface area (TPSA) is 86.4 Å². The lowest BCUT2D eigenvalue weighted by Crippen LogP contribution is -2.43. The number of fused-ring (bicyclic) bond motifs is 1. The molecule has 2 aromatic heterocycles. The summed E-state index contributed by atoms with van der Waals surface area (Å²) in [4.78, 5) is 24.1. The molecule has 4 rings (SSSR count). The second-order valence-corrected chi connectivity index (χ2v) is 11.7. The van der Waals surface area contributed by atoms with Crippen LogP contribution in [0.15, 0.2) is 22.3 Å². The van der Waals surface area contributed by atoms with Crippen LogP contribution in [0.1, 0.15) is 54.6 Å². The van der Waals surface area contributed by atoms with Crippen molar-refractivity contribution in [2.24, 2.45) is 0 Å². The third-order valence-electron chi connectivity index (χ3n) is 5.85. The lowest BCUT2D eigenvalue weighted by atomic mass is 9.98. The summed E-state index contributed by atoms with van der Waals surface area (Å²) in [6.07, 6.45) is 2.38. The number of hydrogen-bond donors (Lipinski definition) is 1. The molecule has 1 unspecified atom stereocenters. The maximum atomic E-state index is 12.8. The molecule has 158 valence electrons. The monoisotopic (exact) mass is 436 g/mol. The zero-order valence-electron chi connectivity index (χ0n) is 16.9. The molecule has 1 N–H and O–H groups in total. The summed E-state index contributed by atoms with van der Waals surface area (Å²) in [5, 5.41) is 1.63. The average molecular weight is 437 g/mol. The first-order chi connectivity index (χ1) is 13.8. The Balaban J connectivity index is 1.52. The predicted molar refractivity (Wildman–Crippen MR) is 115 cm³/mol. The summed E-state index contributed by atoms with van der Waals surface area (Å²) in [5.74, 6) is 0.587. The molecule has 4 heterocycles. The molecule has 0 amide bonds. The SMILES string of the molecule is CC(C)S(=O)(=O)N1CCCC(c2nc3c(c(=O)[nH]2)CN(Cc2cccs2)CC3)C1. The largest absolute Gasteiger partial charge is 0.310 e. The van der Waals surface area contributed by atoms with Crippen LogP contribution in [-0.2, 0) is 29.5 Å². The van der Waals surface area contributed by atoms with Crippen LogP contribution in [-0.4, -0.2) is 52.5 Å². The number of H-pyrrole nitrogens is 1. The van der Waals surface area contributed by atoms with Gasteiger partial charge in [-0.15, -0.1) is 11.3 Å². The normalized spacial score (nSPS) is 21.4. The van der Waals surface area contributed by atoms with Gasteiger partial charge >= 0.3 is 0 Å². The number of piperidine rings is 1. The Morgan fingerprint density at radius 1 is 1.34 bits per heavy atom. The van der Waals surface area contributed by atoms with E-state index in [4.69, 9.17) is 4.98 Å². The van der Waals surface area contributed by atoms with Gasteiger partial charge in [-0.1, -0.05) is 6.07 Å².